The van der Waals surface area contributed by atoms with Gasteiger partial charge in [-0.15, -0.1) is 0 Å². The van der Waals surface area contributed by atoms with Crippen molar-refractivity contribution in [2.24, 2.45) is 0 Å². The van der Waals surface area contributed by atoms with Gasteiger partial charge in [0.2, 0.25) is 0 Å². The quantitative estimate of drug-likeness (QED) is 0.679. The third-order valence-corrected chi connectivity index (χ3v) is 6.94. The van der Waals surface area contributed by atoms with Gasteiger partial charge < -0.3 is 5.11 Å². The van der Waals surface area contributed by atoms with Gasteiger partial charge in [0.15, 0.2) is 0 Å². The lowest BCUT2D eigenvalue weighted by molar-refractivity contribution is -0.136. The van der Waals surface area contributed by atoms with Gasteiger partial charge in [-0.05, 0) is 42.8 Å². The molecule has 0 saturated heterocycles. The van der Waals surface area contributed by atoms with Crippen LogP contribution in [-0.2, 0) is 11.3 Å². The van der Waals surface area contributed by atoms with E-state index in [1.54, 1.807) is 25.1 Å². The van der Waals surface area contributed by atoms with E-state index >= 15 is 0 Å². The fourth-order valence-electron chi connectivity index (χ4n) is 3.06. The SMILES string of the molecule is CCC(CC)(Pc1c(C)cccc1C(F)(F)F)c1ccccc1O. The van der Waals surface area contributed by atoms with Crippen molar-refractivity contribution in [2.45, 2.75) is 44.9 Å². The number of alkyl halides is 3. The van der Waals surface area contributed by atoms with Gasteiger partial charge in [-0.2, -0.15) is 13.2 Å². The largest absolute Gasteiger partial charge is 0.508 e. The number of phenolic OH excluding ortho intramolecular Hbond substituents is 1. The minimum atomic E-state index is -4.37. The smallest absolute Gasteiger partial charge is 0.417 e. The second-order valence-corrected chi connectivity index (χ2v) is 7.63. The number of phenols is 1. The summed E-state index contributed by atoms with van der Waals surface area (Å²) in [6, 6.07) is 11.3. The van der Waals surface area contributed by atoms with E-state index in [2.05, 4.69) is 0 Å². The summed E-state index contributed by atoms with van der Waals surface area (Å²) in [5.74, 6) is 0.149. The van der Waals surface area contributed by atoms with Crippen molar-refractivity contribution >= 4 is 13.9 Å². The molecule has 0 heterocycles. The number of rotatable bonds is 5. The van der Waals surface area contributed by atoms with E-state index in [-0.39, 0.29) is 14.3 Å². The molecule has 0 spiro atoms. The number of para-hydroxylation sites is 1. The van der Waals surface area contributed by atoms with Gasteiger partial charge in [0.1, 0.15) is 5.75 Å². The normalized spacial score (nSPS) is 12.9. The van der Waals surface area contributed by atoms with Crippen LogP contribution in [0.4, 0.5) is 13.2 Å². The molecule has 0 aliphatic carbocycles. The first-order chi connectivity index (χ1) is 11.2. The van der Waals surface area contributed by atoms with E-state index in [9.17, 15) is 18.3 Å². The van der Waals surface area contributed by atoms with E-state index in [0.29, 0.717) is 23.7 Å². The Balaban J connectivity index is 2.60. The Hall–Kier alpha value is -1.54. The van der Waals surface area contributed by atoms with Gasteiger partial charge in [0, 0.05) is 10.7 Å². The molecule has 0 radical (unpaired) electrons. The fourth-order valence-corrected chi connectivity index (χ4v) is 4.88. The summed E-state index contributed by atoms with van der Waals surface area (Å²) in [5.41, 5.74) is 0.803. The minimum Gasteiger partial charge on any atom is -0.508 e. The number of aryl methyl sites for hydroxylation is 1. The summed E-state index contributed by atoms with van der Waals surface area (Å²) in [6.07, 6.45) is -3.06. The highest BCUT2D eigenvalue weighted by Gasteiger charge is 2.38. The van der Waals surface area contributed by atoms with Crippen molar-refractivity contribution in [3.05, 3.63) is 59.2 Å². The minimum absolute atomic E-state index is 0.0691. The van der Waals surface area contributed by atoms with Crippen LogP contribution in [0.3, 0.4) is 0 Å². The first-order valence-corrected chi connectivity index (χ1v) is 8.98. The van der Waals surface area contributed by atoms with Gasteiger partial charge in [-0.25, -0.2) is 0 Å². The molecule has 1 N–H and O–H groups in total. The maximum Gasteiger partial charge on any atom is 0.417 e. The monoisotopic (exact) mass is 354 g/mol. The van der Waals surface area contributed by atoms with Crippen LogP contribution >= 0.6 is 8.58 Å². The predicted octanol–water partition coefficient (Wildman–Crippen LogP) is 5.74. The van der Waals surface area contributed by atoms with Crippen molar-refractivity contribution in [1.82, 2.24) is 0 Å². The van der Waals surface area contributed by atoms with E-state index in [4.69, 9.17) is 0 Å². The second kappa shape index (κ2) is 7.14. The molecule has 1 nitrogen and oxygen atoms in total. The second-order valence-electron chi connectivity index (χ2n) is 5.93. The maximum atomic E-state index is 13.4. The van der Waals surface area contributed by atoms with Crippen molar-refractivity contribution in [2.75, 3.05) is 0 Å². The molecule has 0 saturated carbocycles. The molecule has 1 unspecified atom stereocenters. The topological polar surface area (TPSA) is 20.2 Å². The van der Waals surface area contributed by atoms with Crippen LogP contribution < -0.4 is 5.30 Å². The molecule has 0 bridgehead atoms. The van der Waals surface area contributed by atoms with Crippen LogP contribution in [0.5, 0.6) is 5.75 Å². The maximum absolute atomic E-state index is 13.4. The predicted molar refractivity (Wildman–Crippen MR) is 94.5 cm³/mol. The standard InChI is InChI=1S/C19H22F3OP/c1-4-18(5-2,14-10-6-7-12-16(14)23)24-17-13(3)9-8-11-15(17)19(20,21)22/h6-12,23-24H,4-5H2,1-3H3. The summed E-state index contributed by atoms with van der Waals surface area (Å²) in [7, 11) is -0.0691. The molecule has 2 aromatic rings. The lowest BCUT2D eigenvalue weighted by atomic mass is 9.92. The molecule has 2 rings (SSSR count). The number of aromatic hydroxyl groups is 1. The molecule has 1 atom stereocenters. The van der Waals surface area contributed by atoms with E-state index < -0.39 is 16.9 Å². The molecule has 5 heteroatoms. The fraction of sp³-hybridized carbons (Fsp3) is 0.368. The third-order valence-electron chi connectivity index (χ3n) is 4.57. The molecule has 0 aliphatic heterocycles. The summed E-state index contributed by atoms with van der Waals surface area (Å²) in [4.78, 5) is 0. The first kappa shape index (κ1) is 18.8. The highest BCUT2D eigenvalue weighted by Crippen LogP contribution is 2.51. The molecule has 24 heavy (non-hydrogen) atoms. The molecule has 0 aromatic heterocycles. The van der Waals surface area contributed by atoms with E-state index in [0.717, 1.165) is 11.6 Å². The number of benzene rings is 2. The number of hydrogen-bond donors (Lipinski definition) is 1. The zero-order valence-corrected chi connectivity index (χ0v) is 15.0. The van der Waals surface area contributed by atoms with Crippen LogP contribution in [0.2, 0.25) is 0 Å². The highest BCUT2D eigenvalue weighted by molar-refractivity contribution is 7.48. The third kappa shape index (κ3) is 3.59. The van der Waals surface area contributed by atoms with Gasteiger partial charge in [0.25, 0.3) is 0 Å². The lowest BCUT2D eigenvalue weighted by Crippen LogP contribution is -2.26. The summed E-state index contributed by atoms with van der Waals surface area (Å²) in [5, 5.41) is 10.1. The van der Waals surface area contributed by atoms with Crippen molar-refractivity contribution < 1.29 is 18.3 Å². The van der Waals surface area contributed by atoms with Gasteiger partial charge in [-0.1, -0.05) is 52.8 Å². The van der Waals surface area contributed by atoms with Crippen molar-refractivity contribution in [3.8, 4) is 5.75 Å². The molecule has 0 fully saturated rings. The van der Waals surface area contributed by atoms with Crippen LogP contribution in [-0.4, -0.2) is 5.11 Å². The molecule has 130 valence electrons. The average molecular weight is 354 g/mol. The highest BCUT2D eigenvalue weighted by atomic mass is 31.1. The van der Waals surface area contributed by atoms with Gasteiger partial charge in [0.05, 0.1) is 5.56 Å². The van der Waals surface area contributed by atoms with Gasteiger partial charge >= 0.3 is 6.18 Å². The Morgan fingerprint density at radius 3 is 2.04 bits per heavy atom. The number of halogens is 3. The van der Waals surface area contributed by atoms with Crippen molar-refractivity contribution in [1.29, 1.82) is 0 Å². The zero-order valence-electron chi connectivity index (χ0n) is 14.0. The Morgan fingerprint density at radius 1 is 0.917 bits per heavy atom. The Bertz CT molecular complexity index is 706. The first-order valence-electron chi connectivity index (χ1n) is 7.98. The molecule has 2 aromatic carbocycles. The Labute approximate surface area is 142 Å². The molecular formula is C19H22F3OP. The van der Waals surface area contributed by atoms with Crippen LogP contribution in [0.1, 0.15) is 43.4 Å². The van der Waals surface area contributed by atoms with E-state index in [1.165, 1.54) is 6.07 Å². The summed E-state index contributed by atoms with van der Waals surface area (Å²) >= 11 is 0. The molecule has 0 amide bonds. The number of hydrogen-bond acceptors (Lipinski definition) is 1. The molecule has 0 aliphatic rings. The summed E-state index contributed by atoms with van der Waals surface area (Å²) in [6.45, 7) is 5.65. The summed E-state index contributed by atoms with van der Waals surface area (Å²) < 4.78 is 40.3. The van der Waals surface area contributed by atoms with Gasteiger partial charge in [-0.3, -0.25) is 0 Å². The Morgan fingerprint density at radius 2 is 1.50 bits per heavy atom. The zero-order chi connectivity index (χ0) is 18.0. The van der Waals surface area contributed by atoms with Crippen LogP contribution in [0.15, 0.2) is 42.5 Å². The average Bonchev–Trinajstić information content (AvgIpc) is 2.54. The van der Waals surface area contributed by atoms with Crippen molar-refractivity contribution in [3.63, 3.8) is 0 Å². The lowest BCUT2D eigenvalue weighted by Gasteiger charge is -2.34. The van der Waals surface area contributed by atoms with Crippen LogP contribution in [0.25, 0.3) is 0 Å². The Kier molecular flexibility index (Phi) is 5.59. The van der Waals surface area contributed by atoms with Crippen LogP contribution in [0, 0.1) is 6.92 Å². The van der Waals surface area contributed by atoms with E-state index in [1.807, 2.05) is 26.0 Å². The molecular weight excluding hydrogens is 332 g/mol.